The zero-order valence-corrected chi connectivity index (χ0v) is 17.0. The summed E-state index contributed by atoms with van der Waals surface area (Å²) in [5.41, 5.74) is 1.38. The van der Waals surface area contributed by atoms with Crippen molar-refractivity contribution in [2.75, 3.05) is 11.9 Å². The predicted octanol–water partition coefficient (Wildman–Crippen LogP) is 4.28. The van der Waals surface area contributed by atoms with Crippen molar-refractivity contribution in [1.82, 2.24) is 4.57 Å². The Hall–Kier alpha value is -3.45. The van der Waals surface area contributed by atoms with Crippen molar-refractivity contribution < 1.29 is 17.6 Å². The first-order chi connectivity index (χ1) is 14.4. The molecule has 0 atom stereocenters. The van der Waals surface area contributed by atoms with Crippen molar-refractivity contribution >= 4 is 32.3 Å². The summed E-state index contributed by atoms with van der Waals surface area (Å²) in [7, 11) is -2.20. The fourth-order valence-electron chi connectivity index (χ4n) is 3.35. The molecule has 0 radical (unpaired) electrons. The van der Waals surface area contributed by atoms with Crippen LogP contribution in [0.25, 0.3) is 10.9 Å². The average molecular weight is 422 g/mol. The maximum Gasteiger partial charge on any atom is 0.246 e. The maximum atomic E-state index is 13.3. The molecule has 5 nitrogen and oxygen atoms in total. The molecule has 0 unspecified atom stereocenters. The fraction of sp³-hybridized carbons (Fsp3) is 0.0870. The Morgan fingerprint density at radius 2 is 1.57 bits per heavy atom. The van der Waals surface area contributed by atoms with Crippen LogP contribution in [-0.4, -0.2) is 25.9 Å². The molecule has 0 saturated carbocycles. The number of benzene rings is 3. The number of carbonyl (C=O) groups excluding carboxylic acids is 1. The SMILES string of the molecule is CN(C(=O)Cn1cc(S(=O)(=O)c2ccc(F)cc2)c2ccccc21)c1ccccc1. The minimum absolute atomic E-state index is 0.000432. The second-order valence-electron chi connectivity index (χ2n) is 6.88. The van der Waals surface area contributed by atoms with E-state index in [0.29, 0.717) is 10.9 Å². The highest BCUT2D eigenvalue weighted by Gasteiger charge is 2.24. The third-order valence-electron chi connectivity index (χ3n) is 4.99. The molecule has 4 aromatic rings. The van der Waals surface area contributed by atoms with Crippen LogP contribution in [-0.2, 0) is 21.2 Å². The van der Waals surface area contributed by atoms with Gasteiger partial charge in [0, 0.05) is 29.8 Å². The van der Waals surface area contributed by atoms with Gasteiger partial charge < -0.3 is 9.47 Å². The number of rotatable bonds is 5. The molecule has 0 aliphatic carbocycles. The number of sulfone groups is 1. The van der Waals surface area contributed by atoms with Crippen molar-refractivity contribution in [3.05, 3.63) is 90.9 Å². The van der Waals surface area contributed by atoms with Gasteiger partial charge in [-0.2, -0.15) is 0 Å². The Morgan fingerprint density at radius 3 is 2.27 bits per heavy atom. The monoisotopic (exact) mass is 422 g/mol. The van der Waals surface area contributed by atoms with Gasteiger partial charge in [0.2, 0.25) is 15.7 Å². The summed E-state index contributed by atoms with van der Waals surface area (Å²) >= 11 is 0. The fourth-order valence-corrected chi connectivity index (χ4v) is 4.82. The first-order valence-corrected chi connectivity index (χ1v) is 10.8. The van der Waals surface area contributed by atoms with Gasteiger partial charge in [-0.3, -0.25) is 4.79 Å². The lowest BCUT2D eigenvalue weighted by atomic mass is 10.2. The van der Waals surface area contributed by atoms with E-state index in [1.54, 1.807) is 35.9 Å². The Kier molecular flexibility index (Phi) is 5.13. The second-order valence-corrected chi connectivity index (χ2v) is 8.80. The highest BCUT2D eigenvalue weighted by Crippen LogP contribution is 2.30. The lowest BCUT2D eigenvalue weighted by Crippen LogP contribution is -2.29. The first-order valence-electron chi connectivity index (χ1n) is 9.28. The van der Waals surface area contributed by atoms with Gasteiger partial charge in [-0.15, -0.1) is 0 Å². The Labute approximate surface area is 173 Å². The Balaban J connectivity index is 1.74. The van der Waals surface area contributed by atoms with E-state index in [4.69, 9.17) is 0 Å². The van der Waals surface area contributed by atoms with E-state index in [2.05, 4.69) is 0 Å². The summed E-state index contributed by atoms with van der Waals surface area (Å²) in [5, 5.41) is 0.511. The molecule has 0 fully saturated rings. The van der Waals surface area contributed by atoms with Crippen molar-refractivity contribution in [2.45, 2.75) is 16.3 Å². The number of nitrogens with zero attached hydrogens (tertiary/aromatic N) is 2. The van der Waals surface area contributed by atoms with Gasteiger partial charge in [0.25, 0.3) is 0 Å². The molecule has 0 bridgehead atoms. The summed E-state index contributed by atoms with van der Waals surface area (Å²) in [6.45, 7) is -0.0230. The quantitative estimate of drug-likeness (QED) is 0.451. The molecule has 4 rings (SSSR count). The summed E-state index contributed by atoms with van der Waals surface area (Å²) < 4.78 is 41.2. The molecule has 0 spiro atoms. The van der Waals surface area contributed by atoms with E-state index >= 15 is 0 Å². The molecule has 7 heteroatoms. The number of fused-ring (bicyclic) bond motifs is 1. The number of hydrogen-bond donors (Lipinski definition) is 0. The van der Waals surface area contributed by atoms with Gasteiger partial charge >= 0.3 is 0 Å². The highest BCUT2D eigenvalue weighted by atomic mass is 32.2. The number of amides is 1. The summed E-state index contributed by atoms with van der Waals surface area (Å²) in [6, 6.07) is 20.9. The lowest BCUT2D eigenvalue weighted by molar-refractivity contribution is -0.118. The third kappa shape index (κ3) is 3.59. The van der Waals surface area contributed by atoms with E-state index < -0.39 is 15.7 Å². The molecular weight excluding hydrogens is 403 g/mol. The molecule has 0 aliphatic heterocycles. The zero-order chi connectivity index (χ0) is 21.3. The largest absolute Gasteiger partial charge is 0.337 e. The number of hydrogen-bond acceptors (Lipinski definition) is 3. The lowest BCUT2D eigenvalue weighted by Gasteiger charge is -2.18. The number of para-hydroxylation sites is 2. The van der Waals surface area contributed by atoms with Crippen LogP contribution in [0.15, 0.2) is 94.9 Å². The van der Waals surface area contributed by atoms with Crippen LogP contribution in [0, 0.1) is 5.82 Å². The van der Waals surface area contributed by atoms with Crippen molar-refractivity contribution in [3.63, 3.8) is 0 Å². The van der Waals surface area contributed by atoms with Gasteiger partial charge in [0.1, 0.15) is 12.4 Å². The normalized spacial score (nSPS) is 11.5. The molecule has 0 saturated heterocycles. The van der Waals surface area contributed by atoms with Crippen molar-refractivity contribution in [2.24, 2.45) is 0 Å². The van der Waals surface area contributed by atoms with Crippen LogP contribution in [0.5, 0.6) is 0 Å². The Morgan fingerprint density at radius 1 is 0.933 bits per heavy atom. The molecule has 3 aromatic carbocycles. The molecule has 0 N–H and O–H groups in total. The van der Waals surface area contributed by atoms with Gasteiger partial charge in [0.05, 0.1) is 9.79 Å². The van der Waals surface area contributed by atoms with Crippen LogP contribution in [0.1, 0.15) is 0 Å². The third-order valence-corrected chi connectivity index (χ3v) is 6.79. The smallest absolute Gasteiger partial charge is 0.246 e. The van der Waals surface area contributed by atoms with Crippen LogP contribution in [0.3, 0.4) is 0 Å². The molecule has 1 heterocycles. The predicted molar refractivity (Wildman–Crippen MR) is 114 cm³/mol. The first kappa shape index (κ1) is 19.8. The molecular formula is C23H19FN2O3S. The van der Waals surface area contributed by atoms with Gasteiger partial charge in [-0.1, -0.05) is 36.4 Å². The number of aromatic nitrogens is 1. The zero-order valence-electron chi connectivity index (χ0n) is 16.2. The molecule has 0 aliphatic rings. The number of carbonyl (C=O) groups is 1. The molecule has 1 amide bonds. The van der Waals surface area contributed by atoms with Gasteiger partial charge in [0.15, 0.2) is 0 Å². The second kappa shape index (κ2) is 7.76. The van der Waals surface area contributed by atoms with Gasteiger partial charge in [-0.05, 0) is 42.5 Å². The average Bonchev–Trinajstić information content (AvgIpc) is 3.13. The molecule has 152 valence electrons. The number of likely N-dealkylation sites (N-methyl/N-ethyl adjacent to an activating group) is 1. The van der Waals surface area contributed by atoms with Gasteiger partial charge in [-0.25, -0.2) is 12.8 Å². The van der Waals surface area contributed by atoms with E-state index in [0.717, 1.165) is 17.8 Å². The summed E-state index contributed by atoms with van der Waals surface area (Å²) in [5.74, 6) is -0.696. The summed E-state index contributed by atoms with van der Waals surface area (Å²) in [4.78, 5) is 14.5. The van der Waals surface area contributed by atoms with Crippen molar-refractivity contribution in [1.29, 1.82) is 0 Å². The topological polar surface area (TPSA) is 59.4 Å². The van der Waals surface area contributed by atoms with E-state index in [-0.39, 0.29) is 22.2 Å². The Bertz CT molecular complexity index is 1310. The number of anilines is 1. The van der Waals surface area contributed by atoms with Crippen LogP contribution in [0.4, 0.5) is 10.1 Å². The van der Waals surface area contributed by atoms with Crippen LogP contribution >= 0.6 is 0 Å². The van der Waals surface area contributed by atoms with E-state index in [9.17, 15) is 17.6 Å². The minimum atomic E-state index is -3.88. The minimum Gasteiger partial charge on any atom is -0.337 e. The highest BCUT2D eigenvalue weighted by molar-refractivity contribution is 7.91. The van der Waals surface area contributed by atoms with Crippen LogP contribution in [0.2, 0.25) is 0 Å². The standard InChI is InChI=1S/C23H19FN2O3S/c1-25(18-7-3-2-4-8-18)23(27)16-26-15-22(20-9-5-6-10-21(20)26)30(28,29)19-13-11-17(24)12-14-19/h2-15H,16H2,1H3. The van der Waals surface area contributed by atoms with Crippen molar-refractivity contribution in [3.8, 4) is 0 Å². The maximum absolute atomic E-state index is 13.3. The van der Waals surface area contributed by atoms with E-state index in [1.165, 1.54) is 23.2 Å². The van der Waals surface area contributed by atoms with E-state index in [1.807, 2.05) is 30.3 Å². The van der Waals surface area contributed by atoms with Crippen LogP contribution < -0.4 is 4.90 Å². The summed E-state index contributed by atoms with van der Waals surface area (Å²) in [6.07, 6.45) is 1.47. The number of halogens is 1. The molecule has 30 heavy (non-hydrogen) atoms. The molecule has 1 aromatic heterocycles.